The molecule has 0 aromatic rings. The summed E-state index contributed by atoms with van der Waals surface area (Å²) in [5, 5.41) is 23.3. The van der Waals surface area contributed by atoms with Crippen molar-refractivity contribution in [1.29, 1.82) is 0 Å². The Morgan fingerprint density at radius 3 is 1.19 bits per heavy atom. The number of hydrogen-bond acceptors (Lipinski definition) is 5. The van der Waals surface area contributed by atoms with Gasteiger partial charge in [-0.3, -0.25) is 9.59 Å². The second-order valence-electron chi connectivity index (χ2n) is 18.9. The van der Waals surface area contributed by atoms with Crippen molar-refractivity contribution in [2.24, 2.45) is 0 Å². The molecule has 0 aromatic heterocycles. The van der Waals surface area contributed by atoms with Gasteiger partial charge in [0, 0.05) is 12.8 Å². The van der Waals surface area contributed by atoms with E-state index in [1.807, 2.05) is 0 Å². The van der Waals surface area contributed by atoms with Crippen molar-refractivity contribution >= 4 is 11.9 Å². The molecule has 0 saturated heterocycles. The molecule has 0 aliphatic heterocycles. The molecule has 0 rings (SSSR count). The summed E-state index contributed by atoms with van der Waals surface area (Å²) in [6, 6.07) is -0.558. The van der Waals surface area contributed by atoms with E-state index in [-0.39, 0.29) is 18.5 Å². The first kappa shape index (κ1) is 60.3. The Morgan fingerprint density at radius 2 is 0.790 bits per heavy atom. The number of hydrogen-bond donors (Lipinski definition) is 3. The first-order valence-corrected chi connectivity index (χ1v) is 27.6. The molecule has 62 heavy (non-hydrogen) atoms. The van der Waals surface area contributed by atoms with Crippen molar-refractivity contribution in [1.82, 2.24) is 5.32 Å². The summed E-state index contributed by atoms with van der Waals surface area (Å²) in [5.74, 6) is -0.0763. The molecule has 0 heterocycles. The van der Waals surface area contributed by atoms with E-state index in [0.29, 0.717) is 25.9 Å². The van der Waals surface area contributed by atoms with Crippen molar-refractivity contribution in [3.8, 4) is 0 Å². The third kappa shape index (κ3) is 47.8. The largest absolute Gasteiger partial charge is 0.466 e. The van der Waals surface area contributed by atoms with Gasteiger partial charge in [0.25, 0.3) is 0 Å². The summed E-state index contributed by atoms with van der Waals surface area (Å²) in [6.07, 6.45) is 61.6. The van der Waals surface area contributed by atoms with Crippen LogP contribution in [0.3, 0.4) is 0 Å². The number of amides is 1. The number of esters is 1. The number of aliphatic hydroxyl groups is 2. The van der Waals surface area contributed by atoms with Crippen molar-refractivity contribution in [3.05, 3.63) is 24.3 Å². The van der Waals surface area contributed by atoms with Crippen LogP contribution < -0.4 is 5.32 Å². The molecule has 0 aliphatic rings. The summed E-state index contributed by atoms with van der Waals surface area (Å²) < 4.78 is 5.43. The van der Waals surface area contributed by atoms with Gasteiger partial charge in [0.15, 0.2) is 0 Å². The highest BCUT2D eigenvalue weighted by atomic mass is 16.5. The summed E-state index contributed by atoms with van der Waals surface area (Å²) in [4.78, 5) is 24.5. The van der Waals surface area contributed by atoms with Gasteiger partial charge < -0.3 is 20.3 Å². The van der Waals surface area contributed by atoms with Gasteiger partial charge in [0.1, 0.15) is 0 Å². The van der Waals surface area contributed by atoms with E-state index in [2.05, 4.69) is 43.5 Å². The van der Waals surface area contributed by atoms with Crippen LogP contribution in [0, 0.1) is 0 Å². The minimum atomic E-state index is -0.678. The van der Waals surface area contributed by atoms with Crippen LogP contribution in [0.2, 0.25) is 0 Å². The lowest BCUT2D eigenvalue weighted by atomic mass is 10.0. The van der Waals surface area contributed by atoms with Crippen LogP contribution in [0.1, 0.15) is 296 Å². The lowest BCUT2D eigenvalue weighted by Crippen LogP contribution is -2.45. The van der Waals surface area contributed by atoms with Gasteiger partial charge in [0.2, 0.25) is 5.91 Å². The lowest BCUT2D eigenvalue weighted by molar-refractivity contribution is -0.143. The number of carbonyl (C=O) groups is 2. The van der Waals surface area contributed by atoms with Crippen LogP contribution in [0.5, 0.6) is 0 Å². The molecule has 0 spiro atoms. The molecule has 2 atom stereocenters. The van der Waals surface area contributed by atoms with E-state index in [9.17, 15) is 19.8 Å². The Balaban J connectivity index is 3.52. The molecule has 0 bridgehead atoms. The third-order valence-corrected chi connectivity index (χ3v) is 12.8. The molecule has 6 heteroatoms. The van der Waals surface area contributed by atoms with Crippen molar-refractivity contribution in [2.75, 3.05) is 13.2 Å². The highest BCUT2D eigenvalue weighted by Crippen LogP contribution is 2.17. The average Bonchev–Trinajstić information content (AvgIpc) is 3.27. The number of rotatable bonds is 51. The summed E-state index contributed by atoms with van der Waals surface area (Å²) in [6.45, 7) is 4.91. The number of aliphatic hydroxyl groups excluding tert-OH is 2. The Morgan fingerprint density at radius 1 is 0.452 bits per heavy atom. The van der Waals surface area contributed by atoms with E-state index in [1.165, 1.54) is 186 Å². The maximum atomic E-state index is 12.5. The van der Waals surface area contributed by atoms with Crippen molar-refractivity contribution in [2.45, 2.75) is 309 Å². The molecule has 0 saturated carbocycles. The number of ether oxygens (including phenoxy) is 1. The van der Waals surface area contributed by atoms with Crippen LogP contribution in [0.25, 0.3) is 0 Å². The zero-order valence-corrected chi connectivity index (χ0v) is 41.6. The Kier molecular flexibility index (Phi) is 50.6. The molecule has 366 valence electrons. The van der Waals surface area contributed by atoms with Gasteiger partial charge >= 0.3 is 5.97 Å². The van der Waals surface area contributed by atoms with Crippen molar-refractivity contribution < 1.29 is 24.5 Å². The minimum Gasteiger partial charge on any atom is -0.466 e. The molecule has 2 unspecified atom stereocenters. The highest BCUT2D eigenvalue weighted by Gasteiger charge is 2.20. The van der Waals surface area contributed by atoms with E-state index < -0.39 is 12.1 Å². The standard InChI is InChI=1S/C56H107NO5/c1-3-5-7-9-11-13-15-17-18-19-20-22-25-28-32-36-40-44-48-54(59)53(52-58)57-55(60)49-45-41-37-33-29-26-23-21-24-27-31-35-39-43-47-51-62-56(61)50-46-42-38-34-30-16-14-12-10-8-6-4-2/h21,24,27,31,53-54,58-59H,3-20,22-23,25-26,28-30,32-52H2,1-2H3,(H,57,60)/b24-21-,31-27-. The van der Waals surface area contributed by atoms with Crippen molar-refractivity contribution in [3.63, 3.8) is 0 Å². The van der Waals surface area contributed by atoms with Crippen LogP contribution in [0.4, 0.5) is 0 Å². The van der Waals surface area contributed by atoms with Gasteiger partial charge in [-0.05, 0) is 57.8 Å². The first-order valence-electron chi connectivity index (χ1n) is 27.6. The molecule has 0 fully saturated rings. The minimum absolute atomic E-state index is 0.0207. The predicted molar refractivity (Wildman–Crippen MR) is 269 cm³/mol. The normalized spacial score (nSPS) is 12.8. The molecule has 6 nitrogen and oxygen atoms in total. The quantitative estimate of drug-likeness (QED) is 0.0321. The van der Waals surface area contributed by atoms with Crippen LogP contribution >= 0.6 is 0 Å². The Bertz CT molecular complexity index is 966. The second kappa shape index (κ2) is 52.0. The van der Waals surface area contributed by atoms with Gasteiger partial charge in [0.05, 0.1) is 25.4 Å². The van der Waals surface area contributed by atoms with Crippen LogP contribution in [-0.4, -0.2) is 47.4 Å². The zero-order valence-electron chi connectivity index (χ0n) is 41.6. The van der Waals surface area contributed by atoms with Gasteiger partial charge in [-0.15, -0.1) is 0 Å². The zero-order chi connectivity index (χ0) is 45.1. The molecule has 0 aromatic carbocycles. The summed E-state index contributed by atoms with van der Waals surface area (Å²) in [5.41, 5.74) is 0. The van der Waals surface area contributed by atoms with Crippen LogP contribution in [0.15, 0.2) is 24.3 Å². The van der Waals surface area contributed by atoms with E-state index in [1.54, 1.807) is 0 Å². The van der Waals surface area contributed by atoms with E-state index >= 15 is 0 Å². The fourth-order valence-electron chi connectivity index (χ4n) is 8.51. The van der Waals surface area contributed by atoms with Crippen LogP contribution in [-0.2, 0) is 14.3 Å². The van der Waals surface area contributed by atoms with Gasteiger partial charge in [-0.1, -0.05) is 250 Å². The topological polar surface area (TPSA) is 95.9 Å². The number of allylic oxidation sites excluding steroid dienone is 4. The Hall–Kier alpha value is -1.66. The fourth-order valence-corrected chi connectivity index (χ4v) is 8.51. The average molecular weight is 874 g/mol. The number of carbonyl (C=O) groups excluding carboxylic acids is 2. The smallest absolute Gasteiger partial charge is 0.305 e. The second-order valence-corrected chi connectivity index (χ2v) is 18.9. The number of nitrogens with one attached hydrogen (secondary N) is 1. The predicted octanol–water partition coefficient (Wildman–Crippen LogP) is 16.7. The fraction of sp³-hybridized carbons (Fsp3) is 0.893. The SMILES string of the molecule is CCCCCCCCCCCCCCCCCCCCC(O)C(CO)NC(=O)CCCCCCCC/C=C\C=C/CCCCCOC(=O)CCCCCCCCCCCCCC. The maximum absolute atomic E-state index is 12.5. The third-order valence-electron chi connectivity index (χ3n) is 12.8. The van der Waals surface area contributed by atoms with E-state index in [0.717, 1.165) is 77.0 Å². The molecule has 0 radical (unpaired) electrons. The maximum Gasteiger partial charge on any atom is 0.305 e. The summed E-state index contributed by atoms with van der Waals surface area (Å²) >= 11 is 0. The Labute approximate surface area is 386 Å². The summed E-state index contributed by atoms with van der Waals surface area (Å²) in [7, 11) is 0. The first-order chi connectivity index (χ1) is 30.5. The molecule has 1 amide bonds. The molecule has 0 aliphatic carbocycles. The lowest BCUT2D eigenvalue weighted by Gasteiger charge is -2.22. The highest BCUT2D eigenvalue weighted by molar-refractivity contribution is 5.76. The molecular weight excluding hydrogens is 767 g/mol. The monoisotopic (exact) mass is 874 g/mol. The number of unbranched alkanes of at least 4 members (excludes halogenated alkanes) is 37. The van der Waals surface area contributed by atoms with Gasteiger partial charge in [-0.25, -0.2) is 0 Å². The molecular formula is C56H107NO5. The van der Waals surface area contributed by atoms with E-state index in [4.69, 9.17) is 4.74 Å². The molecule has 3 N–H and O–H groups in total. The van der Waals surface area contributed by atoms with Gasteiger partial charge in [-0.2, -0.15) is 0 Å².